The summed E-state index contributed by atoms with van der Waals surface area (Å²) in [6.45, 7) is 3.43. The van der Waals surface area contributed by atoms with Gasteiger partial charge in [-0.05, 0) is 36.6 Å². The van der Waals surface area contributed by atoms with E-state index in [1.807, 2.05) is 42.1 Å². The SMILES string of the molecule is CSCC(C)CNCC(=O)Nc1ccccc1. The van der Waals surface area contributed by atoms with Crippen LogP contribution in [-0.2, 0) is 4.79 Å². The van der Waals surface area contributed by atoms with Crippen LogP contribution in [0, 0.1) is 5.92 Å². The molecule has 94 valence electrons. The van der Waals surface area contributed by atoms with Gasteiger partial charge in [0, 0.05) is 5.69 Å². The van der Waals surface area contributed by atoms with Gasteiger partial charge in [-0.15, -0.1) is 0 Å². The van der Waals surface area contributed by atoms with Crippen molar-refractivity contribution < 1.29 is 4.79 Å². The predicted molar refractivity (Wildman–Crippen MR) is 75.5 cm³/mol. The Bertz CT molecular complexity index is 329. The Morgan fingerprint density at radius 2 is 2.06 bits per heavy atom. The number of hydrogen-bond donors (Lipinski definition) is 2. The quantitative estimate of drug-likeness (QED) is 0.782. The Morgan fingerprint density at radius 3 is 2.71 bits per heavy atom. The van der Waals surface area contributed by atoms with Crippen molar-refractivity contribution in [2.75, 3.05) is 30.4 Å². The summed E-state index contributed by atoms with van der Waals surface area (Å²) in [5.41, 5.74) is 0.844. The summed E-state index contributed by atoms with van der Waals surface area (Å²) < 4.78 is 0. The summed E-state index contributed by atoms with van der Waals surface area (Å²) in [7, 11) is 0. The Balaban J connectivity index is 2.18. The number of anilines is 1. The van der Waals surface area contributed by atoms with E-state index in [0.717, 1.165) is 18.0 Å². The topological polar surface area (TPSA) is 41.1 Å². The molecule has 4 heteroatoms. The van der Waals surface area contributed by atoms with Gasteiger partial charge in [-0.3, -0.25) is 4.79 Å². The summed E-state index contributed by atoms with van der Waals surface area (Å²) in [5.74, 6) is 1.72. The lowest BCUT2D eigenvalue weighted by Gasteiger charge is -2.11. The molecule has 1 unspecified atom stereocenters. The molecule has 0 saturated carbocycles. The van der Waals surface area contributed by atoms with Crippen molar-refractivity contribution in [2.24, 2.45) is 5.92 Å². The maximum atomic E-state index is 11.6. The Kier molecular flexibility index (Phi) is 6.74. The lowest BCUT2D eigenvalue weighted by atomic mass is 10.2. The van der Waals surface area contributed by atoms with Crippen LogP contribution in [0.5, 0.6) is 0 Å². The van der Waals surface area contributed by atoms with Crippen LogP contribution >= 0.6 is 11.8 Å². The van der Waals surface area contributed by atoms with E-state index in [0.29, 0.717) is 12.5 Å². The fraction of sp³-hybridized carbons (Fsp3) is 0.462. The van der Waals surface area contributed by atoms with E-state index in [2.05, 4.69) is 23.8 Å². The summed E-state index contributed by atoms with van der Waals surface area (Å²) >= 11 is 1.83. The number of rotatable bonds is 7. The molecule has 0 bridgehead atoms. The number of carbonyl (C=O) groups is 1. The second-order valence-corrected chi connectivity index (χ2v) is 5.02. The molecule has 0 fully saturated rings. The van der Waals surface area contributed by atoms with Crippen LogP contribution in [0.1, 0.15) is 6.92 Å². The highest BCUT2D eigenvalue weighted by Gasteiger charge is 2.04. The van der Waals surface area contributed by atoms with Gasteiger partial charge in [0.15, 0.2) is 0 Å². The van der Waals surface area contributed by atoms with E-state index in [-0.39, 0.29) is 5.91 Å². The standard InChI is InChI=1S/C13H20N2OS/c1-11(10-17-2)8-14-9-13(16)15-12-6-4-3-5-7-12/h3-7,11,14H,8-10H2,1-2H3,(H,15,16). The van der Waals surface area contributed by atoms with Crippen LogP contribution in [0.4, 0.5) is 5.69 Å². The third-order valence-corrected chi connectivity index (χ3v) is 3.19. The van der Waals surface area contributed by atoms with E-state index < -0.39 is 0 Å². The third kappa shape index (κ3) is 6.34. The molecule has 0 aliphatic carbocycles. The molecule has 0 aliphatic rings. The molecule has 3 nitrogen and oxygen atoms in total. The Morgan fingerprint density at radius 1 is 1.35 bits per heavy atom. The zero-order chi connectivity index (χ0) is 12.5. The third-order valence-electron chi connectivity index (χ3n) is 2.29. The number of amides is 1. The fourth-order valence-corrected chi connectivity index (χ4v) is 2.19. The average Bonchev–Trinajstić information content (AvgIpc) is 2.30. The number of carbonyl (C=O) groups excluding carboxylic acids is 1. The van der Waals surface area contributed by atoms with Crippen molar-refractivity contribution >= 4 is 23.4 Å². The summed E-state index contributed by atoms with van der Waals surface area (Å²) in [4.78, 5) is 11.6. The van der Waals surface area contributed by atoms with E-state index >= 15 is 0 Å². The molecule has 2 N–H and O–H groups in total. The van der Waals surface area contributed by atoms with Crippen molar-refractivity contribution in [3.8, 4) is 0 Å². The molecule has 1 rings (SSSR count). The predicted octanol–water partition coefficient (Wildman–Crippen LogP) is 2.21. The van der Waals surface area contributed by atoms with Crippen LogP contribution in [0.2, 0.25) is 0 Å². The van der Waals surface area contributed by atoms with Gasteiger partial charge in [0.2, 0.25) is 5.91 Å². The van der Waals surface area contributed by atoms with E-state index in [1.165, 1.54) is 0 Å². The minimum atomic E-state index is 0.00699. The second-order valence-electron chi connectivity index (χ2n) is 4.11. The van der Waals surface area contributed by atoms with E-state index in [9.17, 15) is 4.79 Å². The minimum Gasteiger partial charge on any atom is -0.325 e. The largest absolute Gasteiger partial charge is 0.325 e. The van der Waals surface area contributed by atoms with Crippen molar-refractivity contribution in [2.45, 2.75) is 6.92 Å². The molecule has 0 heterocycles. The first-order valence-electron chi connectivity index (χ1n) is 5.77. The lowest BCUT2D eigenvalue weighted by molar-refractivity contribution is -0.115. The van der Waals surface area contributed by atoms with Crippen molar-refractivity contribution in [1.82, 2.24) is 5.32 Å². The molecule has 1 aromatic rings. The number of nitrogens with one attached hydrogen (secondary N) is 2. The van der Waals surface area contributed by atoms with Crippen molar-refractivity contribution in [3.63, 3.8) is 0 Å². The highest BCUT2D eigenvalue weighted by Crippen LogP contribution is 2.04. The first-order chi connectivity index (χ1) is 8.22. The molecular weight excluding hydrogens is 232 g/mol. The molecular formula is C13H20N2OS. The van der Waals surface area contributed by atoms with Gasteiger partial charge in [-0.1, -0.05) is 25.1 Å². The van der Waals surface area contributed by atoms with Gasteiger partial charge in [-0.2, -0.15) is 11.8 Å². The molecule has 1 amide bonds. The van der Waals surface area contributed by atoms with Gasteiger partial charge in [-0.25, -0.2) is 0 Å². The van der Waals surface area contributed by atoms with Gasteiger partial charge in [0.1, 0.15) is 0 Å². The van der Waals surface area contributed by atoms with Crippen molar-refractivity contribution in [1.29, 1.82) is 0 Å². The molecule has 0 aliphatic heterocycles. The minimum absolute atomic E-state index is 0.00699. The van der Waals surface area contributed by atoms with Crippen LogP contribution in [0.15, 0.2) is 30.3 Å². The first-order valence-corrected chi connectivity index (χ1v) is 7.16. The average molecular weight is 252 g/mol. The fourth-order valence-electron chi connectivity index (χ4n) is 1.50. The monoisotopic (exact) mass is 252 g/mol. The van der Waals surface area contributed by atoms with Crippen LogP contribution < -0.4 is 10.6 Å². The van der Waals surface area contributed by atoms with Gasteiger partial charge >= 0.3 is 0 Å². The van der Waals surface area contributed by atoms with Gasteiger partial charge in [0.25, 0.3) is 0 Å². The molecule has 0 aromatic heterocycles. The molecule has 1 aromatic carbocycles. The highest BCUT2D eigenvalue weighted by molar-refractivity contribution is 7.98. The van der Waals surface area contributed by atoms with E-state index in [4.69, 9.17) is 0 Å². The molecule has 1 atom stereocenters. The maximum Gasteiger partial charge on any atom is 0.238 e. The van der Waals surface area contributed by atoms with Crippen molar-refractivity contribution in [3.05, 3.63) is 30.3 Å². The lowest BCUT2D eigenvalue weighted by Crippen LogP contribution is -2.31. The maximum absolute atomic E-state index is 11.6. The highest BCUT2D eigenvalue weighted by atomic mass is 32.2. The molecule has 0 radical (unpaired) electrons. The normalized spacial score (nSPS) is 12.1. The molecule has 0 saturated heterocycles. The summed E-state index contributed by atoms with van der Waals surface area (Å²) in [6, 6.07) is 9.51. The van der Waals surface area contributed by atoms with Crippen LogP contribution in [-0.4, -0.2) is 31.0 Å². The number of benzene rings is 1. The Hall–Kier alpha value is -1.00. The number of thioether (sulfide) groups is 1. The summed E-state index contributed by atoms with van der Waals surface area (Å²) in [6.07, 6.45) is 2.10. The van der Waals surface area contributed by atoms with Crippen LogP contribution in [0.3, 0.4) is 0 Å². The number of hydrogen-bond acceptors (Lipinski definition) is 3. The smallest absolute Gasteiger partial charge is 0.238 e. The zero-order valence-electron chi connectivity index (χ0n) is 10.4. The van der Waals surface area contributed by atoms with E-state index in [1.54, 1.807) is 0 Å². The molecule has 0 spiro atoms. The van der Waals surface area contributed by atoms with Gasteiger partial charge < -0.3 is 10.6 Å². The Labute approximate surface area is 107 Å². The number of para-hydroxylation sites is 1. The van der Waals surface area contributed by atoms with Crippen LogP contribution in [0.25, 0.3) is 0 Å². The second kappa shape index (κ2) is 8.14. The van der Waals surface area contributed by atoms with Gasteiger partial charge in [0.05, 0.1) is 6.54 Å². The summed E-state index contributed by atoms with van der Waals surface area (Å²) in [5, 5.41) is 6.01. The first kappa shape index (κ1) is 14.1. The zero-order valence-corrected chi connectivity index (χ0v) is 11.2. The molecule has 17 heavy (non-hydrogen) atoms.